The minimum absolute atomic E-state index is 0.0181. The monoisotopic (exact) mass is 365 g/mol. The average Bonchev–Trinajstić information content (AvgIpc) is 2.67. The van der Waals surface area contributed by atoms with Crippen LogP contribution in [-0.4, -0.2) is 33.7 Å². The fraction of sp³-hybridized carbons (Fsp3) is 0.500. The summed E-state index contributed by atoms with van der Waals surface area (Å²) in [6, 6.07) is 13.5. The number of nitrogens with zero attached hydrogens (tertiary/aromatic N) is 3. The van der Waals surface area contributed by atoms with E-state index in [0.717, 1.165) is 37.2 Å². The Balaban J connectivity index is 1.67. The Kier molecular flexibility index (Phi) is 4.85. The maximum atomic E-state index is 12.7. The number of fused-ring (bicyclic) bond motifs is 2. The van der Waals surface area contributed by atoms with Crippen molar-refractivity contribution in [3.8, 4) is 11.3 Å². The van der Waals surface area contributed by atoms with Crippen LogP contribution < -0.4 is 5.56 Å². The van der Waals surface area contributed by atoms with Gasteiger partial charge in [-0.15, -0.1) is 0 Å². The van der Waals surface area contributed by atoms with Crippen molar-refractivity contribution in [2.45, 2.75) is 39.2 Å². The second-order valence-corrected chi connectivity index (χ2v) is 8.21. The summed E-state index contributed by atoms with van der Waals surface area (Å²) in [5.74, 6) is 0.848. The Morgan fingerprint density at radius 3 is 2.33 bits per heavy atom. The molecule has 142 valence electrons. The highest BCUT2D eigenvalue weighted by Gasteiger charge is 2.43. The van der Waals surface area contributed by atoms with Crippen LogP contribution in [0.2, 0.25) is 0 Å². The van der Waals surface area contributed by atoms with E-state index >= 15 is 0 Å². The Morgan fingerprint density at radius 2 is 1.70 bits per heavy atom. The van der Waals surface area contributed by atoms with Gasteiger partial charge in [0.05, 0.1) is 11.7 Å². The summed E-state index contributed by atoms with van der Waals surface area (Å²) in [7, 11) is 0. The van der Waals surface area contributed by atoms with Gasteiger partial charge in [-0.2, -0.15) is 5.10 Å². The molecule has 1 aliphatic heterocycles. The standard InChI is InChI=1S/C22H27N3O2/c1-15(2)22(27)24-13-17-9-6-10-18(14-24)21(17)25-20(26)12-11-19(23-25)16-7-4-3-5-8-16/h3-5,7-8,11-12,15,17-18,21H,6,9-10,13-14H2,1-2H3/t17-,18-/m1/s1. The van der Waals surface area contributed by atoms with Gasteiger partial charge >= 0.3 is 0 Å². The van der Waals surface area contributed by atoms with Gasteiger partial charge in [0.25, 0.3) is 5.56 Å². The molecule has 1 saturated carbocycles. The molecule has 1 amide bonds. The molecule has 5 heteroatoms. The summed E-state index contributed by atoms with van der Waals surface area (Å²) in [5.41, 5.74) is 1.80. The molecule has 2 aliphatic rings. The highest BCUT2D eigenvalue weighted by Crippen LogP contribution is 2.42. The first-order valence-electron chi connectivity index (χ1n) is 9.98. The van der Waals surface area contributed by atoms with Crippen LogP contribution in [0.25, 0.3) is 11.3 Å². The van der Waals surface area contributed by atoms with E-state index in [1.807, 2.05) is 49.1 Å². The van der Waals surface area contributed by atoms with Crippen molar-refractivity contribution in [2.75, 3.05) is 13.1 Å². The number of hydrogen-bond acceptors (Lipinski definition) is 3. The van der Waals surface area contributed by atoms with E-state index in [1.54, 1.807) is 16.8 Å². The largest absolute Gasteiger partial charge is 0.342 e. The second-order valence-electron chi connectivity index (χ2n) is 8.21. The molecule has 2 aromatic rings. The van der Waals surface area contributed by atoms with Crippen molar-refractivity contribution in [1.29, 1.82) is 0 Å². The molecule has 0 N–H and O–H groups in total. The molecule has 0 spiro atoms. The smallest absolute Gasteiger partial charge is 0.267 e. The molecule has 5 nitrogen and oxygen atoms in total. The number of hydrogen-bond donors (Lipinski definition) is 0. The van der Waals surface area contributed by atoms with Gasteiger partial charge in [0.15, 0.2) is 0 Å². The van der Waals surface area contributed by atoms with Gasteiger partial charge in [-0.3, -0.25) is 9.59 Å². The van der Waals surface area contributed by atoms with Crippen LogP contribution in [-0.2, 0) is 4.79 Å². The Hall–Kier alpha value is -2.43. The summed E-state index contributed by atoms with van der Waals surface area (Å²) < 4.78 is 1.72. The lowest BCUT2D eigenvalue weighted by Gasteiger charge is -2.47. The lowest BCUT2D eigenvalue weighted by molar-refractivity contribution is -0.140. The van der Waals surface area contributed by atoms with Gasteiger partial charge in [0, 0.05) is 30.6 Å². The zero-order valence-corrected chi connectivity index (χ0v) is 16.0. The SMILES string of the molecule is CC(C)C(=O)N1C[C@H]2CCC[C@H](C1)C2n1nc(-c2ccccc2)ccc1=O. The van der Waals surface area contributed by atoms with Crippen LogP contribution in [0.3, 0.4) is 0 Å². The predicted molar refractivity (Wildman–Crippen MR) is 105 cm³/mol. The number of carbonyl (C=O) groups is 1. The van der Waals surface area contributed by atoms with Crippen molar-refractivity contribution in [3.05, 3.63) is 52.8 Å². The zero-order chi connectivity index (χ0) is 19.0. The van der Waals surface area contributed by atoms with Gasteiger partial charge < -0.3 is 4.90 Å². The van der Waals surface area contributed by atoms with Crippen LogP contribution in [0, 0.1) is 17.8 Å². The van der Waals surface area contributed by atoms with E-state index in [9.17, 15) is 9.59 Å². The molecule has 0 radical (unpaired) electrons. The predicted octanol–water partition coefficient (Wildman–Crippen LogP) is 3.37. The number of amides is 1. The first kappa shape index (κ1) is 18.0. The maximum Gasteiger partial charge on any atom is 0.267 e. The number of benzene rings is 1. The van der Waals surface area contributed by atoms with Crippen molar-refractivity contribution in [1.82, 2.24) is 14.7 Å². The van der Waals surface area contributed by atoms with Crippen LogP contribution >= 0.6 is 0 Å². The quantitative estimate of drug-likeness (QED) is 0.838. The van der Waals surface area contributed by atoms with E-state index < -0.39 is 0 Å². The average molecular weight is 365 g/mol. The van der Waals surface area contributed by atoms with Crippen molar-refractivity contribution >= 4 is 5.91 Å². The molecule has 27 heavy (non-hydrogen) atoms. The molecule has 2 atom stereocenters. The van der Waals surface area contributed by atoms with E-state index in [2.05, 4.69) is 0 Å². The van der Waals surface area contributed by atoms with Gasteiger partial charge in [0.2, 0.25) is 5.91 Å². The number of carbonyl (C=O) groups excluding carboxylic acids is 1. The Bertz CT molecular complexity index is 861. The first-order valence-corrected chi connectivity index (χ1v) is 9.98. The first-order chi connectivity index (χ1) is 13.0. The molecule has 0 unspecified atom stereocenters. The summed E-state index contributed by atoms with van der Waals surface area (Å²) in [5, 5.41) is 4.75. The summed E-state index contributed by atoms with van der Waals surface area (Å²) in [6.45, 7) is 5.39. The molecular weight excluding hydrogens is 338 g/mol. The molecule has 1 saturated heterocycles. The third-order valence-electron chi connectivity index (χ3n) is 6.01. The number of rotatable bonds is 3. The molecule has 1 aliphatic carbocycles. The highest BCUT2D eigenvalue weighted by molar-refractivity contribution is 5.78. The molecule has 4 rings (SSSR count). The van der Waals surface area contributed by atoms with Crippen molar-refractivity contribution < 1.29 is 4.79 Å². The van der Waals surface area contributed by atoms with Crippen molar-refractivity contribution in [2.24, 2.45) is 17.8 Å². The number of piperidine rings is 1. The Labute approximate surface area is 160 Å². The molecule has 2 bridgehead atoms. The normalized spacial score (nSPS) is 24.9. The van der Waals surface area contributed by atoms with E-state index in [0.29, 0.717) is 11.8 Å². The van der Waals surface area contributed by atoms with E-state index in [-0.39, 0.29) is 23.4 Å². The fourth-order valence-electron chi connectivity index (χ4n) is 4.75. The van der Waals surface area contributed by atoms with E-state index in [1.165, 1.54) is 6.42 Å². The summed E-state index contributed by atoms with van der Waals surface area (Å²) >= 11 is 0. The van der Waals surface area contributed by atoms with Gasteiger partial charge in [-0.25, -0.2) is 4.68 Å². The summed E-state index contributed by atoms with van der Waals surface area (Å²) in [4.78, 5) is 27.2. The van der Waals surface area contributed by atoms with Gasteiger partial charge in [-0.1, -0.05) is 50.6 Å². The van der Waals surface area contributed by atoms with E-state index in [4.69, 9.17) is 5.10 Å². The highest BCUT2D eigenvalue weighted by atomic mass is 16.2. The lowest BCUT2D eigenvalue weighted by Crippen LogP contribution is -2.53. The number of aromatic nitrogens is 2. The third kappa shape index (κ3) is 3.43. The van der Waals surface area contributed by atoms with Gasteiger partial charge in [0.1, 0.15) is 0 Å². The molecule has 1 aromatic carbocycles. The lowest BCUT2D eigenvalue weighted by atomic mass is 9.73. The minimum Gasteiger partial charge on any atom is -0.342 e. The minimum atomic E-state index is -0.0415. The van der Waals surface area contributed by atoms with Crippen LogP contribution in [0.15, 0.2) is 47.3 Å². The maximum absolute atomic E-state index is 12.7. The molecular formula is C22H27N3O2. The van der Waals surface area contributed by atoms with Crippen LogP contribution in [0.5, 0.6) is 0 Å². The van der Waals surface area contributed by atoms with Gasteiger partial charge in [-0.05, 0) is 30.7 Å². The zero-order valence-electron chi connectivity index (χ0n) is 16.0. The molecule has 2 heterocycles. The third-order valence-corrected chi connectivity index (χ3v) is 6.01. The summed E-state index contributed by atoms with van der Waals surface area (Å²) in [6.07, 6.45) is 3.27. The topological polar surface area (TPSA) is 55.2 Å². The second kappa shape index (κ2) is 7.29. The van der Waals surface area contributed by atoms with Crippen LogP contribution in [0.4, 0.5) is 0 Å². The number of likely N-dealkylation sites (tertiary alicyclic amines) is 1. The van der Waals surface area contributed by atoms with Crippen LogP contribution in [0.1, 0.15) is 39.2 Å². The molecule has 1 aromatic heterocycles. The molecule has 2 fully saturated rings. The Morgan fingerprint density at radius 1 is 1.04 bits per heavy atom. The van der Waals surface area contributed by atoms with Crippen molar-refractivity contribution in [3.63, 3.8) is 0 Å². The fourth-order valence-corrected chi connectivity index (χ4v) is 4.75.